The largest absolute Gasteiger partial charge is 0.386 e. The zero-order valence-electron chi connectivity index (χ0n) is 15.5. The minimum atomic E-state index is -0.577. The van der Waals surface area contributed by atoms with Gasteiger partial charge in [-0.2, -0.15) is 0 Å². The van der Waals surface area contributed by atoms with Crippen LogP contribution in [0.5, 0.6) is 0 Å². The van der Waals surface area contributed by atoms with Crippen molar-refractivity contribution in [2.45, 2.75) is 37.8 Å². The first-order valence-electron chi connectivity index (χ1n) is 9.36. The molecular formula is C20H22N4O3S. The zero-order chi connectivity index (χ0) is 19.4. The predicted molar refractivity (Wildman–Crippen MR) is 106 cm³/mol. The van der Waals surface area contributed by atoms with Gasteiger partial charge in [0.1, 0.15) is 5.71 Å². The summed E-state index contributed by atoms with van der Waals surface area (Å²) in [5.74, 6) is -0.128. The molecule has 146 valence electrons. The molecule has 0 radical (unpaired) electrons. The maximum absolute atomic E-state index is 12.6. The lowest BCUT2D eigenvalue weighted by atomic mass is 9.88. The molecule has 0 aromatic carbocycles. The fourth-order valence-corrected chi connectivity index (χ4v) is 4.33. The van der Waals surface area contributed by atoms with E-state index in [1.807, 2.05) is 34.5 Å². The fourth-order valence-electron chi connectivity index (χ4n) is 3.63. The van der Waals surface area contributed by atoms with Crippen LogP contribution in [0.3, 0.4) is 0 Å². The van der Waals surface area contributed by atoms with Crippen LogP contribution in [0.4, 0.5) is 0 Å². The molecular weight excluding hydrogens is 376 g/mol. The van der Waals surface area contributed by atoms with Crippen molar-refractivity contribution in [3.8, 4) is 0 Å². The van der Waals surface area contributed by atoms with E-state index >= 15 is 0 Å². The quantitative estimate of drug-likeness (QED) is 0.836. The van der Waals surface area contributed by atoms with Gasteiger partial charge in [-0.15, -0.1) is 11.3 Å². The summed E-state index contributed by atoms with van der Waals surface area (Å²) < 4.78 is 0. The van der Waals surface area contributed by atoms with E-state index in [0.29, 0.717) is 31.6 Å². The normalized spacial score (nSPS) is 21.3. The zero-order valence-corrected chi connectivity index (χ0v) is 16.3. The third kappa shape index (κ3) is 4.22. The average Bonchev–Trinajstić information content (AvgIpc) is 3.37. The molecule has 1 atom stereocenters. The summed E-state index contributed by atoms with van der Waals surface area (Å²) >= 11 is 1.59. The van der Waals surface area contributed by atoms with Gasteiger partial charge in [-0.3, -0.25) is 14.6 Å². The number of thiophene rings is 1. The Balaban J connectivity index is 1.32. The predicted octanol–water partition coefficient (Wildman–Crippen LogP) is 2.14. The van der Waals surface area contributed by atoms with Crippen molar-refractivity contribution in [1.29, 1.82) is 0 Å². The van der Waals surface area contributed by atoms with Crippen LogP contribution in [0.15, 0.2) is 47.2 Å². The number of likely N-dealkylation sites (tertiary alicyclic amines) is 1. The molecule has 4 rings (SSSR count). The van der Waals surface area contributed by atoms with Crippen LogP contribution in [0, 0.1) is 0 Å². The van der Waals surface area contributed by atoms with Crippen LogP contribution in [-0.4, -0.2) is 46.1 Å². The van der Waals surface area contributed by atoms with Crippen LogP contribution in [0.2, 0.25) is 0 Å². The van der Waals surface area contributed by atoms with Crippen LogP contribution < -0.4 is 5.32 Å². The molecule has 2 aliphatic rings. The molecule has 1 N–H and O–H groups in total. The molecule has 2 amide bonds. The highest BCUT2D eigenvalue weighted by Gasteiger charge is 2.45. The molecule has 28 heavy (non-hydrogen) atoms. The summed E-state index contributed by atoms with van der Waals surface area (Å²) in [4.78, 5) is 37.7. The molecule has 4 heterocycles. The van der Waals surface area contributed by atoms with Crippen molar-refractivity contribution in [2.75, 3.05) is 13.1 Å². The summed E-state index contributed by atoms with van der Waals surface area (Å²) in [6.45, 7) is 1.61. The smallest absolute Gasteiger partial charge is 0.269 e. The van der Waals surface area contributed by atoms with Crippen molar-refractivity contribution >= 4 is 28.9 Å². The Morgan fingerprint density at radius 2 is 2.14 bits per heavy atom. The van der Waals surface area contributed by atoms with Crippen LogP contribution >= 0.6 is 11.3 Å². The highest BCUT2D eigenvalue weighted by molar-refractivity contribution is 7.10. The molecule has 8 heteroatoms. The summed E-state index contributed by atoms with van der Waals surface area (Å²) in [6, 6.07) is 7.64. The molecule has 7 nitrogen and oxygen atoms in total. The topological polar surface area (TPSA) is 83.9 Å². The Bertz CT molecular complexity index is 869. The average molecular weight is 398 g/mol. The van der Waals surface area contributed by atoms with Gasteiger partial charge in [0.15, 0.2) is 5.60 Å². The summed E-state index contributed by atoms with van der Waals surface area (Å²) in [5.41, 5.74) is 0.786. The molecule has 1 spiro atoms. The van der Waals surface area contributed by atoms with E-state index in [-0.39, 0.29) is 11.8 Å². The minimum absolute atomic E-state index is 0.0979. The molecule has 2 aromatic rings. The Kier molecular flexibility index (Phi) is 5.38. The summed E-state index contributed by atoms with van der Waals surface area (Å²) in [5, 5.41) is 8.90. The number of pyridine rings is 1. The van der Waals surface area contributed by atoms with Gasteiger partial charge in [0.05, 0.1) is 13.0 Å². The Labute approximate surface area is 167 Å². The Morgan fingerprint density at radius 1 is 1.29 bits per heavy atom. The van der Waals surface area contributed by atoms with Gasteiger partial charge in [-0.05, 0) is 42.0 Å². The second-order valence-corrected chi connectivity index (χ2v) is 8.23. The number of carbonyl (C=O) groups excluding carboxylic acids is 2. The highest BCUT2D eigenvalue weighted by Crippen LogP contribution is 2.33. The summed E-state index contributed by atoms with van der Waals surface area (Å²) in [7, 11) is 0. The van der Waals surface area contributed by atoms with Crippen molar-refractivity contribution in [2.24, 2.45) is 5.16 Å². The number of nitrogens with one attached hydrogen (secondary N) is 1. The molecule has 0 aliphatic carbocycles. The number of oxime groups is 1. The maximum atomic E-state index is 12.6. The SMILES string of the molecule is O=C(NCc1ccncc1)C1=NOC2(CCCN(C(=O)Cc3cccs3)C2)C1. The molecule has 2 aliphatic heterocycles. The van der Waals surface area contributed by atoms with Crippen molar-refractivity contribution < 1.29 is 14.4 Å². The van der Waals surface area contributed by atoms with Gasteiger partial charge in [-0.25, -0.2) is 0 Å². The third-order valence-electron chi connectivity index (χ3n) is 5.10. The monoisotopic (exact) mass is 398 g/mol. The van der Waals surface area contributed by atoms with E-state index in [2.05, 4.69) is 15.5 Å². The number of hydrogen-bond donors (Lipinski definition) is 1. The Morgan fingerprint density at radius 3 is 2.93 bits per heavy atom. The van der Waals surface area contributed by atoms with Crippen molar-refractivity contribution in [3.05, 3.63) is 52.5 Å². The Hall–Kier alpha value is -2.74. The van der Waals surface area contributed by atoms with E-state index in [9.17, 15) is 9.59 Å². The number of rotatable bonds is 5. The lowest BCUT2D eigenvalue weighted by molar-refractivity contribution is -0.139. The number of nitrogens with zero attached hydrogens (tertiary/aromatic N) is 3. The number of piperidine rings is 1. The van der Waals surface area contributed by atoms with Gasteiger partial charge in [0, 0.05) is 36.8 Å². The maximum Gasteiger partial charge on any atom is 0.269 e. The second kappa shape index (κ2) is 8.10. The molecule has 0 bridgehead atoms. The lowest BCUT2D eigenvalue weighted by Gasteiger charge is -2.38. The highest BCUT2D eigenvalue weighted by atomic mass is 32.1. The van der Waals surface area contributed by atoms with Gasteiger partial charge in [0.2, 0.25) is 5.91 Å². The first-order valence-corrected chi connectivity index (χ1v) is 10.2. The van der Waals surface area contributed by atoms with Crippen LogP contribution in [0.1, 0.15) is 29.7 Å². The van der Waals surface area contributed by atoms with Crippen LogP contribution in [0.25, 0.3) is 0 Å². The number of aromatic nitrogens is 1. The molecule has 1 saturated heterocycles. The second-order valence-electron chi connectivity index (χ2n) is 7.20. The molecule has 2 aromatic heterocycles. The molecule has 1 fully saturated rings. The van der Waals surface area contributed by atoms with Crippen LogP contribution in [-0.2, 0) is 27.4 Å². The first kappa shape index (κ1) is 18.6. The third-order valence-corrected chi connectivity index (χ3v) is 5.98. The fraction of sp³-hybridized carbons (Fsp3) is 0.400. The van der Waals surface area contributed by atoms with Gasteiger partial charge in [-0.1, -0.05) is 11.2 Å². The van der Waals surface area contributed by atoms with E-state index in [1.165, 1.54) is 0 Å². The molecule has 0 saturated carbocycles. The molecule has 1 unspecified atom stereocenters. The summed E-state index contributed by atoms with van der Waals surface area (Å²) in [6.07, 6.45) is 5.86. The van der Waals surface area contributed by atoms with E-state index < -0.39 is 5.60 Å². The van der Waals surface area contributed by atoms with Gasteiger partial charge < -0.3 is 15.1 Å². The lowest BCUT2D eigenvalue weighted by Crippen LogP contribution is -2.51. The number of amides is 2. The van der Waals surface area contributed by atoms with Gasteiger partial charge >= 0.3 is 0 Å². The standard InChI is InChI=1S/C20H22N4O3S/c25-18(11-16-3-1-10-28-16)24-9-2-6-20(14-24)12-17(23-27-20)19(26)22-13-15-4-7-21-8-5-15/h1,3-5,7-8,10H,2,6,9,11-14H2,(H,22,26). The first-order chi connectivity index (χ1) is 13.6. The number of hydrogen-bond acceptors (Lipinski definition) is 6. The van der Waals surface area contributed by atoms with Crippen molar-refractivity contribution in [3.63, 3.8) is 0 Å². The minimum Gasteiger partial charge on any atom is -0.386 e. The van der Waals surface area contributed by atoms with Crippen molar-refractivity contribution in [1.82, 2.24) is 15.2 Å². The van der Waals surface area contributed by atoms with E-state index in [0.717, 1.165) is 29.8 Å². The van der Waals surface area contributed by atoms with Gasteiger partial charge in [0.25, 0.3) is 5.91 Å². The number of carbonyl (C=O) groups is 2. The van der Waals surface area contributed by atoms with E-state index in [1.54, 1.807) is 23.7 Å². The van der Waals surface area contributed by atoms with E-state index in [4.69, 9.17) is 4.84 Å².